The second kappa shape index (κ2) is 6.61. The maximum Gasteiger partial charge on any atom is 0.248 e. The van der Waals surface area contributed by atoms with Crippen LogP contribution in [0.4, 0.5) is 5.69 Å². The van der Waals surface area contributed by atoms with E-state index >= 15 is 0 Å². The van der Waals surface area contributed by atoms with Gasteiger partial charge in [0.25, 0.3) is 0 Å². The van der Waals surface area contributed by atoms with E-state index in [-0.39, 0.29) is 12.5 Å². The predicted octanol–water partition coefficient (Wildman–Crippen LogP) is 0.471. The molecule has 0 saturated heterocycles. The van der Waals surface area contributed by atoms with Crippen LogP contribution in [0.25, 0.3) is 0 Å². The van der Waals surface area contributed by atoms with Crippen LogP contribution in [0.2, 0.25) is 0 Å². The number of hydrogen-bond donors (Lipinski definition) is 3. The van der Waals surface area contributed by atoms with Crippen molar-refractivity contribution in [3.05, 3.63) is 23.8 Å². The van der Waals surface area contributed by atoms with Gasteiger partial charge in [0.15, 0.2) is 0 Å². The minimum Gasteiger partial charge on any atom is -0.491 e. The summed E-state index contributed by atoms with van der Waals surface area (Å²) in [6, 6.07) is 4.62. The van der Waals surface area contributed by atoms with E-state index in [9.17, 15) is 9.59 Å². The Morgan fingerprint density at radius 2 is 2.11 bits per heavy atom. The summed E-state index contributed by atoms with van der Waals surface area (Å²) in [6.45, 7) is 2.34. The van der Waals surface area contributed by atoms with E-state index in [0.717, 1.165) is 6.42 Å². The van der Waals surface area contributed by atoms with E-state index in [1.54, 1.807) is 12.1 Å². The van der Waals surface area contributed by atoms with E-state index in [2.05, 4.69) is 5.32 Å². The Morgan fingerprint density at radius 1 is 1.39 bits per heavy atom. The summed E-state index contributed by atoms with van der Waals surface area (Å²) in [5.41, 5.74) is 11.1. The van der Waals surface area contributed by atoms with E-state index < -0.39 is 5.91 Å². The molecule has 0 aliphatic heterocycles. The second-order valence-corrected chi connectivity index (χ2v) is 3.68. The van der Waals surface area contributed by atoms with Gasteiger partial charge in [0.1, 0.15) is 5.75 Å². The monoisotopic (exact) mass is 251 g/mol. The van der Waals surface area contributed by atoms with Gasteiger partial charge in [-0.1, -0.05) is 6.92 Å². The average molecular weight is 251 g/mol. The number of carbonyl (C=O) groups excluding carboxylic acids is 2. The Balaban J connectivity index is 3.01. The molecule has 0 saturated carbocycles. The maximum absolute atomic E-state index is 11.3. The predicted molar refractivity (Wildman–Crippen MR) is 68.4 cm³/mol. The number of nitrogens with two attached hydrogens (primary N) is 2. The molecule has 0 fully saturated rings. The lowest BCUT2D eigenvalue weighted by molar-refractivity contribution is -0.114. The lowest BCUT2D eigenvalue weighted by Crippen LogP contribution is -2.22. The van der Waals surface area contributed by atoms with E-state index in [0.29, 0.717) is 23.6 Å². The minimum absolute atomic E-state index is 0.145. The van der Waals surface area contributed by atoms with Gasteiger partial charge >= 0.3 is 0 Å². The zero-order valence-corrected chi connectivity index (χ0v) is 10.2. The Hall–Kier alpha value is -2.08. The number of amides is 2. The molecule has 0 atom stereocenters. The highest BCUT2D eigenvalue weighted by atomic mass is 16.5. The number of anilines is 1. The lowest BCUT2D eigenvalue weighted by Gasteiger charge is -2.12. The van der Waals surface area contributed by atoms with Crippen molar-refractivity contribution in [2.75, 3.05) is 18.5 Å². The summed E-state index contributed by atoms with van der Waals surface area (Å²) in [7, 11) is 0. The molecule has 0 heterocycles. The molecule has 6 nitrogen and oxygen atoms in total. The number of benzene rings is 1. The normalized spacial score (nSPS) is 9.89. The van der Waals surface area contributed by atoms with Crippen LogP contribution in [-0.2, 0) is 4.79 Å². The summed E-state index contributed by atoms with van der Waals surface area (Å²) in [6.07, 6.45) is 0.835. The van der Waals surface area contributed by atoms with Gasteiger partial charge in [-0.2, -0.15) is 0 Å². The number of rotatable bonds is 6. The van der Waals surface area contributed by atoms with Crippen LogP contribution in [0.5, 0.6) is 5.75 Å². The van der Waals surface area contributed by atoms with Gasteiger partial charge in [0.05, 0.1) is 18.8 Å². The first-order chi connectivity index (χ1) is 8.58. The van der Waals surface area contributed by atoms with E-state index in [1.807, 2.05) is 6.92 Å². The van der Waals surface area contributed by atoms with Crippen molar-refractivity contribution in [3.63, 3.8) is 0 Å². The van der Waals surface area contributed by atoms with Gasteiger partial charge in [-0.05, 0) is 24.6 Å². The molecular weight excluding hydrogens is 234 g/mol. The molecule has 0 aliphatic carbocycles. The van der Waals surface area contributed by atoms with Gasteiger partial charge in [-0.3, -0.25) is 9.59 Å². The summed E-state index contributed by atoms with van der Waals surface area (Å²) < 4.78 is 5.46. The Morgan fingerprint density at radius 3 is 2.67 bits per heavy atom. The molecule has 0 bridgehead atoms. The summed E-state index contributed by atoms with van der Waals surface area (Å²) >= 11 is 0. The van der Waals surface area contributed by atoms with Gasteiger partial charge in [-0.15, -0.1) is 0 Å². The van der Waals surface area contributed by atoms with Gasteiger partial charge in [0, 0.05) is 5.56 Å². The highest BCUT2D eigenvalue weighted by Gasteiger charge is 2.10. The summed E-state index contributed by atoms with van der Waals surface area (Å²) in [5, 5.41) is 2.57. The lowest BCUT2D eigenvalue weighted by atomic mass is 10.1. The van der Waals surface area contributed by atoms with Crippen LogP contribution < -0.4 is 21.5 Å². The van der Waals surface area contributed by atoms with Crippen LogP contribution in [0.15, 0.2) is 18.2 Å². The van der Waals surface area contributed by atoms with Crippen molar-refractivity contribution in [1.29, 1.82) is 0 Å². The van der Waals surface area contributed by atoms with Crippen LogP contribution in [-0.4, -0.2) is 25.0 Å². The maximum atomic E-state index is 11.3. The van der Waals surface area contributed by atoms with Crippen molar-refractivity contribution in [3.8, 4) is 5.75 Å². The third kappa shape index (κ3) is 3.74. The smallest absolute Gasteiger partial charge is 0.248 e. The van der Waals surface area contributed by atoms with Crippen LogP contribution in [0, 0.1) is 0 Å². The van der Waals surface area contributed by atoms with Crippen LogP contribution in [0.1, 0.15) is 23.7 Å². The molecule has 0 unspecified atom stereocenters. The molecule has 0 aliphatic rings. The zero-order valence-electron chi connectivity index (χ0n) is 10.2. The molecule has 18 heavy (non-hydrogen) atoms. The molecule has 5 N–H and O–H groups in total. The first-order valence-corrected chi connectivity index (χ1v) is 5.65. The third-order valence-electron chi connectivity index (χ3n) is 2.19. The molecule has 0 aromatic heterocycles. The molecule has 1 aromatic rings. The van der Waals surface area contributed by atoms with Gasteiger partial charge in [-0.25, -0.2) is 0 Å². The van der Waals surface area contributed by atoms with Crippen molar-refractivity contribution < 1.29 is 14.3 Å². The van der Waals surface area contributed by atoms with Crippen LogP contribution >= 0.6 is 0 Å². The number of ether oxygens (including phenoxy) is 1. The van der Waals surface area contributed by atoms with E-state index in [4.69, 9.17) is 16.2 Å². The quantitative estimate of drug-likeness (QED) is 0.683. The molecule has 0 radical (unpaired) electrons. The first kappa shape index (κ1) is 14.0. The standard InChI is InChI=1S/C12H17N3O3/c1-2-5-18-10-4-3-8(12(14)17)6-9(10)15-11(16)7-13/h3-4,6H,2,5,7,13H2,1H3,(H2,14,17)(H,15,16). The van der Waals surface area contributed by atoms with Crippen molar-refractivity contribution >= 4 is 17.5 Å². The zero-order chi connectivity index (χ0) is 13.5. The van der Waals surface area contributed by atoms with Crippen molar-refractivity contribution in [1.82, 2.24) is 0 Å². The fourth-order valence-electron chi connectivity index (χ4n) is 1.32. The topological polar surface area (TPSA) is 107 Å². The summed E-state index contributed by atoms with van der Waals surface area (Å²) in [5.74, 6) is -0.443. The first-order valence-electron chi connectivity index (χ1n) is 5.65. The SMILES string of the molecule is CCCOc1ccc(C(N)=O)cc1NC(=O)CN. The van der Waals surface area contributed by atoms with Gasteiger partial charge < -0.3 is 21.5 Å². The number of hydrogen-bond acceptors (Lipinski definition) is 4. The Bertz CT molecular complexity index is 446. The molecule has 0 spiro atoms. The van der Waals surface area contributed by atoms with E-state index in [1.165, 1.54) is 6.07 Å². The second-order valence-electron chi connectivity index (χ2n) is 3.68. The average Bonchev–Trinajstić information content (AvgIpc) is 2.36. The molecule has 1 rings (SSSR count). The molecule has 2 amide bonds. The highest BCUT2D eigenvalue weighted by molar-refractivity contribution is 5.98. The highest BCUT2D eigenvalue weighted by Crippen LogP contribution is 2.25. The number of nitrogens with one attached hydrogen (secondary N) is 1. The largest absolute Gasteiger partial charge is 0.491 e. The van der Waals surface area contributed by atoms with Crippen molar-refractivity contribution in [2.45, 2.75) is 13.3 Å². The molecule has 6 heteroatoms. The van der Waals surface area contributed by atoms with Crippen molar-refractivity contribution in [2.24, 2.45) is 11.5 Å². The Labute approximate surface area is 105 Å². The Kier molecular flexibility index (Phi) is 5.13. The van der Waals surface area contributed by atoms with Crippen LogP contribution in [0.3, 0.4) is 0 Å². The number of carbonyl (C=O) groups is 2. The molecule has 1 aromatic carbocycles. The third-order valence-corrected chi connectivity index (χ3v) is 2.19. The number of primary amides is 1. The summed E-state index contributed by atoms with van der Waals surface area (Å²) in [4.78, 5) is 22.4. The molecule has 98 valence electrons. The fourth-order valence-corrected chi connectivity index (χ4v) is 1.32. The molecular formula is C12H17N3O3. The fraction of sp³-hybridized carbons (Fsp3) is 0.333. The minimum atomic E-state index is -0.569. The van der Waals surface area contributed by atoms with Gasteiger partial charge in [0.2, 0.25) is 11.8 Å².